The number of nitrogens with zero attached hydrogens (tertiary/aromatic N) is 3. The van der Waals surface area contributed by atoms with E-state index in [-0.39, 0.29) is 29.5 Å². The first-order valence-electron chi connectivity index (χ1n) is 12.4. The molecule has 0 bridgehead atoms. The van der Waals surface area contributed by atoms with E-state index in [1.165, 1.54) is 0 Å². The standard InChI is InChI=1S/C29H26ClN5O3S/c1-17(2)27(36)32-22-12-11-20(16-21(22)30)35-26(25(33-29(35)39)23-9-3-4-13-31-23)24-10-6-14-34(24)19-8-5-7-18(15-19)28(37)38/h3-17,25-26H,1-2H3,(H,32,36)(H,33,39)(H,37,38)/t25-,26+/m1/s1. The Balaban J connectivity index is 1.61. The molecule has 8 nitrogen and oxygen atoms in total. The monoisotopic (exact) mass is 559 g/mol. The highest BCUT2D eigenvalue weighted by Crippen LogP contribution is 2.43. The molecule has 1 aliphatic heterocycles. The summed E-state index contributed by atoms with van der Waals surface area (Å²) in [6.07, 6.45) is 3.63. The molecule has 10 heteroatoms. The Hall–Kier alpha value is -4.21. The lowest BCUT2D eigenvalue weighted by Gasteiger charge is -2.29. The Morgan fingerprint density at radius 3 is 2.56 bits per heavy atom. The number of rotatable bonds is 7. The molecule has 1 fully saturated rings. The van der Waals surface area contributed by atoms with Crippen LogP contribution in [0.1, 0.15) is 47.7 Å². The van der Waals surface area contributed by atoms with E-state index in [4.69, 9.17) is 23.8 Å². The highest BCUT2D eigenvalue weighted by Gasteiger charge is 2.42. The summed E-state index contributed by atoms with van der Waals surface area (Å²) in [6.45, 7) is 3.63. The van der Waals surface area contributed by atoms with Crippen molar-refractivity contribution < 1.29 is 14.7 Å². The molecule has 2 aromatic carbocycles. The van der Waals surface area contributed by atoms with Gasteiger partial charge in [0, 0.05) is 35.4 Å². The summed E-state index contributed by atoms with van der Waals surface area (Å²) in [5.74, 6) is -1.31. The zero-order chi connectivity index (χ0) is 27.7. The fourth-order valence-corrected chi connectivity index (χ4v) is 5.19. The minimum absolute atomic E-state index is 0.127. The third kappa shape index (κ3) is 5.23. The Kier molecular flexibility index (Phi) is 7.36. The Morgan fingerprint density at radius 1 is 1.05 bits per heavy atom. The predicted molar refractivity (Wildman–Crippen MR) is 156 cm³/mol. The first-order valence-corrected chi connectivity index (χ1v) is 13.1. The number of aromatic carboxylic acids is 1. The molecule has 0 radical (unpaired) electrons. The van der Waals surface area contributed by atoms with E-state index in [9.17, 15) is 14.7 Å². The van der Waals surface area contributed by atoms with Gasteiger partial charge in [-0.05, 0) is 72.9 Å². The summed E-state index contributed by atoms with van der Waals surface area (Å²) in [7, 11) is 0. The SMILES string of the molecule is CC(C)C(=O)Nc1ccc(N2C(=S)N[C@H](c3ccccn3)[C@@H]2c2cccn2-c2cccc(C(=O)O)c2)cc1Cl. The van der Waals surface area contributed by atoms with E-state index < -0.39 is 5.97 Å². The Bertz CT molecular complexity index is 1560. The summed E-state index contributed by atoms with van der Waals surface area (Å²) >= 11 is 12.5. The second kappa shape index (κ2) is 10.9. The number of nitrogens with one attached hydrogen (secondary N) is 2. The highest BCUT2D eigenvalue weighted by atomic mass is 35.5. The van der Waals surface area contributed by atoms with Gasteiger partial charge in [0.05, 0.1) is 28.0 Å². The fraction of sp³-hybridized carbons (Fsp3) is 0.172. The molecule has 1 saturated heterocycles. The number of benzene rings is 2. The van der Waals surface area contributed by atoms with Crippen LogP contribution in [-0.2, 0) is 4.79 Å². The number of anilines is 2. The second-order valence-corrected chi connectivity index (χ2v) is 10.3. The van der Waals surface area contributed by atoms with E-state index in [2.05, 4.69) is 15.6 Å². The number of carbonyl (C=O) groups is 2. The number of carboxylic acids is 1. The van der Waals surface area contributed by atoms with Crippen LogP contribution in [0.4, 0.5) is 11.4 Å². The molecule has 0 saturated carbocycles. The van der Waals surface area contributed by atoms with Crippen molar-refractivity contribution in [2.75, 3.05) is 10.2 Å². The molecule has 3 heterocycles. The summed E-state index contributed by atoms with van der Waals surface area (Å²) in [4.78, 5) is 30.5. The molecule has 5 rings (SSSR count). The van der Waals surface area contributed by atoms with E-state index >= 15 is 0 Å². The largest absolute Gasteiger partial charge is 0.478 e. The van der Waals surface area contributed by atoms with E-state index in [0.29, 0.717) is 21.5 Å². The van der Waals surface area contributed by atoms with Crippen molar-refractivity contribution in [1.29, 1.82) is 0 Å². The molecule has 4 aromatic rings. The number of hydrogen-bond donors (Lipinski definition) is 3. The molecule has 0 aliphatic carbocycles. The molecule has 198 valence electrons. The van der Waals surface area contributed by atoms with Gasteiger partial charge in [-0.3, -0.25) is 9.78 Å². The molecule has 0 spiro atoms. The highest BCUT2D eigenvalue weighted by molar-refractivity contribution is 7.80. The minimum atomic E-state index is -0.999. The van der Waals surface area contributed by atoms with Gasteiger partial charge in [0.15, 0.2) is 5.11 Å². The second-order valence-electron chi connectivity index (χ2n) is 9.46. The van der Waals surface area contributed by atoms with Crippen molar-refractivity contribution in [2.45, 2.75) is 25.9 Å². The lowest BCUT2D eigenvalue weighted by Crippen LogP contribution is -2.30. The third-order valence-corrected chi connectivity index (χ3v) is 7.19. The summed E-state index contributed by atoms with van der Waals surface area (Å²) in [5.41, 5.74) is 3.81. The van der Waals surface area contributed by atoms with Gasteiger partial charge >= 0.3 is 5.97 Å². The normalized spacial score (nSPS) is 16.8. The van der Waals surface area contributed by atoms with Crippen molar-refractivity contribution >= 4 is 52.2 Å². The number of halogens is 1. The lowest BCUT2D eigenvalue weighted by atomic mass is 10.0. The molecular weight excluding hydrogens is 534 g/mol. The third-order valence-electron chi connectivity index (χ3n) is 6.57. The van der Waals surface area contributed by atoms with Crippen LogP contribution in [0, 0.1) is 5.92 Å². The van der Waals surface area contributed by atoms with Crippen molar-refractivity contribution in [3.05, 3.63) is 107 Å². The van der Waals surface area contributed by atoms with Crippen molar-refractivity contribution in [3.8, 4) is 5.69 Å². The molecule has 2 aromatic heterocycles. The molecule has 39 heavy (non-hydrogen) atoms. The van der Waals surface area contributed by atoms with Crippen LogP contribution in [0.25, 0.3) is 5.69 Å². The van der Waals surface area contributed by atoms with Gasteiger partial charge < -0.3 is 25.2 Å². The van der Waals surface area contributed by atoms with Crippen molar-refractivity contribution in [2.24, 2.45) is 5.92 Å². The number of carboxylic acid groups (broad SMARTS) is 1. The van der Waals surface area contributed by atoms with Gasteiger partial charge in [-0.1, -0.05) is 37.6 Å². The summed E-state index contributed by atoms with van der Waals surface area (Å²) in [5, 5.41) is 16.7. The van der Waals surface area contributed by atoms with Gasteiger partial charge in [-0.15, -0.1) is 0 Å². The average Bonchev–Trinajstić information content (AvgIpc) is 3.54. The molecule has 3 N–H and O–H groups in total. The van der Waals surface area contributed by atoms with Gasteiger partial charge in [0.25, 0.3) is 0 Å². The summed E-state index contributed by atoms with van der Waals surface area (Å²) < 4.78 is 1.95. The van der Waals surface area contributed by atoms with Crippen molar-refractivity contribution in [1.82, 2.24) is 14.9 Å². The van der Waals surface area contributed by atoms with Crippen LogP contribution in [-0.4, -0.2) is 31.6 Å². The average molecular weight is 560 g/mol. The maximum Gasteiger partial charge on any atom is 0.335 e. The molecule has 0 unspecified atom stereocenters. The number of hydrogen-bond acceptors (Lipinski definition) is 4. The topological polar surface area (TPSA) is 99.5 Å². The van der Waals surface area contributed by atoms with Crippen LogP contribution >= 0.6 is 23.8 Å². The van der Waals surface area contributed by atoms with Crippen molar-refractivity contribution in [3.63, 3.8) is 0 Å². The number of thiocarbonyl (C=S) groups is 1. The first kappa shape index (κ1) is 26.4. The van der Waals surface area contributed by atoms with E-state index in [1.807, 2.05) is 72.0 Å². The van der Waals surface area contributed by atoms with Gasteiger partial charge in [0.1, 0.15) is 6.04 Å². The van der Waals surface area contributed by atoms with Gasteiger partial charge in [-0.25, -0.2) is 4.79 Å². The lowest BCUT2D eigenvalue weighted by molar-refractivity contribution is -0.118. The number of amides is 1. The Morgan fingerprint density at radius 2 is 1.87 bits per heavy atom. The Labute approximate surface area is 236 Å². The molecule has 1 amide bonds. The molecule has 2 atom stereocenters. The van der Waals surface area contributed by atoms with E-state index in [0.717, 1.165) is 17.1 Å². The minimum Gasteiger partial charge on any atom is -0.478 e. The quantitative estimate of drug-likeness (QED) is 0.239. The number of carbonyl (C=O) groups excluding carboxylic acids is 1. The molecule has 1 aliphatic rings. The molecular formula is C29H26ClN5O3S. The van der Waals surface area contributed by atoms with Crippen LogP contribution in [0.5, 0.6) is 0 Å². The smallest absolute Gasteiger partial charge is 0.335 e. The van der Waals surface area contributed by atoms with E-state index in [1.54, 1.807) is 36.5 Å². The van der Waals surface area contributed by atoms with Crippen LogP contribution in [0.2, 0.25) is 5.02 Å². The van der Waals surface area contributed by atoms with Crippen LogP contribution in [0.15, 0.2) is 85.2 Å². The zero-order valence-corrected chi connectivity index (χ0v) is 22.8. The predicted octanol–water partition coefficient (Wildman–Crippen LogP) is 6.00. The maximum absolute atomic E-state index is 12.2. The summed E-state index contributed by atoms with van der Waals surface area (Å²) in [6, 6.07) is 21.1. The van der Waals surface area contributed by atoms with Gasteiger partial charge in [-0.2, -0.15) is 0 Å². The number of aromatic nitrogens is 2. The number of pyridine rings is 1. The van der Waals surface area contributed by atoms with Crippen LogP contribution < -0.4 is 15.5 Å². The maximum atomic E-state index is 12.2. The fourth-order valence-electron chi connectivity index (χ4n) is 4.62. The first-order chi connectivity index (χ1) is 18.7. The zero-order valence-electron chi connectivity index (χ0n) is 21.2. The van der Waals surface area contributed by atoms with Crippen LogP contribution in [0.3, 0.4) is 0 Å². The van der Waals surface area contributed by atoms with Gasteiger partial charge in [0.2, 0.25) is 5.91 Å².